The molecule has 2 heterocycles. The van der Waals surface area contributed by atoms with Gasteiger partial charge in [-0.25, -0.2) is 4.98 Å². The Bertz CT molecular complexity index is 905. The van der Waals surface area contributed by atoms with Gasteiger partial charge in [0.1, 0.15) is 5.82 Å². The largest absolute Gasteiger partial charge is 0.352 e. The number of benzene rings is 2. The van der Waals surface area contributed by atoms with Crippen LogP contribution in [0.1, 0.15) is 10.4 Å². The Hall–Kier alpha value is -2.66. The van der Waals surface area contributed by atoms with Crippen LogP contribution in [-0.2, 0) is 0 Å². The Morgan fingerprint density at radius 3 is 2.32 bits per heavy atom. The Kier molecular flexibility index (Phi) is 4.24. The van der Waals surface area contributed by atoms with Gasteiger partial charge < -0.3 is 9.80 Å². The standard InChI is InChI=1S/C19H17ClN4O/c20-15-7-5-14(6-8-15)19(25)24-11-9-23(10-12-24)18-13-21-16-3-1-2-4-17(16)22-18/h1-8,13H,9-12H2. The highest BCUT2D eigenvalue weighted by Gasteiger charge is 2.23. The molecule has 6 heteroatoms. The van der Waals surface area contributed by atoms with Crippen molar-refractivity contribution in [3.05, 3.63) is 65.3 Å². The number of anilines is 1. The van der Waals surface area contributed by atoms with Crippen molar-refractivity contribution in [2.75, 3.05) is 31.1 Å². The van der Waals surface area contributed by atoms with E-state index in [1.54, 1.807) is 30.5 Å². The van der Waals surface area contributed by atoms with E-state index in [0.717, 1.165) is 29.9 Å². The minimum atomic E-state index is 0.0425. The Morgan fingerprint density at radius 1 is 0.920 bits per heavy atom. The highest BCUT2D eigenvalue weighted by Crippen LogP contribution is 2.18. The van der Waals surface area contributed by atoms with Gasteiger partial charge in [-0.15, -0.1) is 0 Å². The van der Waals surface area contributed by atoms with Gasteiger partial charge in [0, 0.05) is 36.8 Å². The van der Waals surface area contributed by atoms with Crippen LogP contribution in [-0.4, -0.2) is 47.0 Å². The van der Waals surface area contributed by atoms with Crippen LogP contribution in [0.15, 0.2) is 54.7 Å². The first-order chi connectivity index (χ1) is 12.2. The molecular weight excluding hydrogens is 336 g/mol. The zero-order valence-electron chi connectivity index (χ0n) is 13.6. The van der Waals surface area contributed by atoms with E-state index < -0.39 is 0 Å². The van der Waals surface area contributed by atoms with Crippen LogP contribution in [0.5, 0.6) is 0 Å². The molecule has 0 unspecified atom stereocenters. The lowest BCUT2D eigenvalue weighted by molar-refractivity contribution is 0.0746. The molecule has 0 saturated carbocycles. The normalized spacial score (nSPS) is 14.8. The molecule has 0 aliphatic carbocycles. The summed E-state index contributed by atoms with van der Waals surface area (Å²) < 4.78 is 0. The summed E-state index contributed by atoms with van der Waals surface area (Å²) in [5, 5.41) is 0.635. The number of nitrogens with zero attached hydrogens (tertiary/aromatic N) is 4. The molecule has 1 aliphatic rings. The van der Waals surface area contributed by atoms with Crippen molar-refractivity contribution in [1.29, 1.82) is 0 Å². The molecule has 25 heavy (non-hydrogen) atoms. The van der Waals surface area contributed by atoms with Gasteiger partial charge in [0.05, 0.1) is 17.2 Å². The van der Waals surface area contributed by atoms with Crippen LogP contribution in [0.25, 0.3) is 11.0 Å². The van der Waals surface area contributed by atoms with Gasteiger partial charge in [0.15, 0.2) is 0 Å². The monoisotopic (exact) mass is 352 g/mol. The Balaban J connectivity index is 1.45. The van der Waals surface area contributed by atoms with Crippen LogP contribution < -0.4 is 4.90 Å². The molecular formula is C19H17ClN4O. The molecule has 1 aliphatic heterocycles. The van der Waals surface area contributed by atoms with Crippen molar-refractivity contribution in [2.24, 2.45) is 0 Å². The van der Waals surface area contributed by atoms with Gasteiger partial charge in [-0.3, -0.25) is 9.78 Å². The number of fused-ring (bicyclic) bond motifs is 1. The van der Waals surface area contributed by atoms with Crippen molar-refractivity contribution < 1.29 is 4.79 Å². The number of amides is 1. The van der Waals surface area contributed by atoms with Gasteiger partial charge in [-0.05, 0) is 36.4 Å². The number of piperazine rings is 1. The van der Waals surface area contributed by atoms with E-state index in [-0.39, 0.29) is 5.91 Å². The third-order valence-electron chi connectivity index (χ3n) is 4.42. The summed E-state index contributed by atoms with van der Waals surface area (Å²) in [5.74, 6) is 0.901. The average Bonchev–Trinajstić information content (AvgIpc) is 2.68. The first-order valence-corrected chi connectivity index (χ1v) is 8.60. The fourth-order valence-electron chi connectivity index (χ4n) is 3.01. The van der Waals surface area contributed by atoms with E-state index >= 15 is 0 Å². The topological polar surface area (TPSA) is 49.3 Å². The number of carbonyl (C=O) groups is 1. The van der Waals surface area contributed by atoms with Crippen molar-refractivity contribution in [2.45, 2.75) is 0 Å². The van der Waals surface area contributed by atoms with E-state index in [4.69, 9.17) is 11.6 Å². The molecule has 0 atom stereocenters. The van der Waals surface area contributed by atoms with Crippen LogP contribution >= 0.6 is 11.6 Å². The van der Waals surface area contributed by atoms with Gasteiger partial charge >= 0.3 is 0 Å². The molecule has 5 nitrogen and oxygen atoms in total. The Labute approximate surface area is 150 Å². The van der Waals surface area contributed by atoms with Crippen LogP contribution in [0.2, 0.25) is 5.02 Å². The maximum absolute atomic E-state index is 12.6. The molecule has 1 amide bonds. The number of aromatic nitrogens is 2. The zero-order chi connectivity index (χ0) is 17.2. The minimum Gasteiger partial charge on any atom is -0.352 e. The summed E-state index contributed by atoms with van der Waals surface area (Å²) in [4.78, 5) is 25.8. The van der Waals surface area contributed by atoms with Crippen molar-refractivity contribution in [3.63, 3.8) is 0 Å². The summed E-state index contributed by atoms with van der Waals surface area (Å²) in [7, 11) is 0. The molecule has 0 bridgehead atoms. The molecule has 0 N–H and O–H groups in total. The molecule has 0 radical (unpaired) electrons. The average molecular weight is 353 g/mol. The number of rotatable bonds is 2. The highest BCUT2D eigenvalue weighted by molar-refractivity contribution is 6.30. The molecule has 1 saturated heterocycles. The van der Waals surface area contributed by atoms with Gasteiger partial charge in [0.25, 0.3) is 5.91 Å². The number of hydrogen-bond acceptors (Lipinski definition) is 4. The van der Waals surface area contributed by atoms with Crippen molar-refractivity contribution in [3.8, 4) is 0 Å². The number of halogens is 1. The van der Waals surface area contributed by atoms with E-state index in [1.165, 1.54) is 0 Å². The summed E-state index contributed by atoms with van der Waals surface area (Å²) in [6.45, 7) is 2.81. The molecule has 4 rings (SSSR count). The second-order valence-electron chi connectivity index (χ2n) is 6.00. The minimum absolute atomic E-state index is 0.0425. The number of para-hydroxylation sites is 2. The fraction of sp³-hybridized carbons (Fsp3) is 0.211. The van der Waals surface area contributed by atoms with Crippen LogP contribution in [0, 0.1) is 0 Å². The van der Waals surface area contributed by atoms with Crippen LogP contribution in [0.3, 0.4) is 0 Å². The van der Waals surface area contributed by atoms with E-state index in [2.05, 4.69) is 14.9 Å². The molecule has 1 aromatic heterocycles. The van der Waals surface area contributed by atoms with Crippen molar-refractivity contribution in [1.82, 2.24) is 14.9 Å². The second kappa shape index (κ2) is 6.69. The first-order valence-electron chi connectivity index (χ1n) is 8.22. The smallest absolute Gasteiger partial charge is 0.253 e. The quantitative estimate of drug-likeness (QED) is 0.710. The lowest BCUT2D eigenvalue weighted by Crippen LogP contribution is -2.49. The third-order valence-corrected chi connectivity index (χ3v) is 4.67. The van der Waals surface area contributed by atoms with E-state index in [9.17, 15) is 4.79 Å². The summed E-state index contributed by atoms with van der Waals surface area (Å²) in [6, 6.07) is 14.9. The first kappa shape index (κ1) is 15.8. The predicted octanol–water partition coefficient (Wildman–Crippen LogP) is 3.25. The molecule has 3 aromatic rings. The maximum Gasteiger partial charge on any atom is 0.253 e. The van der Waals surface area contributed by atoms with Gasteiger partial charge in [-0.1, -0.05) is 23.7 Å². The maximum atomic E-state index is 12.6. The molecule has 126 valence electrons. The van der Waals surface area contributed by atoms with Crippen LogP contribution in [0.4, 0.5) is 5.82 Å². The van der Waals surface area contributed by atoms with E-state index in [0.29, 0.717) is 23.7 Å². The second-order valence-corrected chi connectivity index (χ2v) is 6.44. The van der Waals surface area contributed by atoms with Gasteiger partial charge in [0.2, 0.25) is 0 Å². The summed E-state index contributed by atoms with van der Waals surface area (Å²) in [6.07, 6.45) is 1.80. The third kappa shape index (κ3) is 3.28. The molecule has 0 spiro atoms. The molecule has 1 fully saturated rings. The zero-order valence-corrected chi connectivity index (χ0v) is 14.4. The Morgan fingerprint density at radius 2 is 1.60 bits per heavy atom. The lowest BCUT2D eigenvalue weighted by atomic mass is 10.2. The van der Waals surface area contributed by atoms with Crippen molar-refractivity contribution >= 4 is 34.4 Å². The summed E-state index contributed by atoms with van der Waals surface area (Å²) >= 11 is 5.89. The fourth-order valence-corrected chi connectivity index (χ4v) is 3.14. The SMILES string of the molecule is O=C(c1ccc(Cl)cc1)N1CCN(c2cnc3ccccc3n2)CC1. The number of carbonyl (C=O) groups excluding carboxylic acids is 1. The van der Waals surface area contributed by atoms with E-state index in [1.807, 2.05) is 29.2 Å². The van der Waals surface area contributed by atoms with Gasteiger partial charge in [-0.2, -0.15) is 0 Å². The predicted molar refractivity (Wildman–Crippen MR) is 99.1 cm³/mol. The summed E-state index contributed by atoms with van der Waals surface area (Å²) in [5.41, 5.74) is 2.45. The lowest BCUT2D eigenvalue weighted by Gasteiger charge is -2.35. The highest BCUT2D eigenvalue weighted by atomic mass is 35.5. The number of hydrogen-bond donors (Lipinski definition) is 0. The molecule has 2 aromatic carbocycles.